The molecule has 0 radical (unpaired) electrons. The van der Waals surface area contributed by atoms with Crippen LogP contribution in [-0.2, 0) is 4.79 Å². The van der Waals surface area contributed by atoms with E-state index in [0.29, 0.717) is 6.42 Å². The Morgan fingerprint density at radius 2 is 1.00 bits per heavy atom. The van der Waals surface area contributed by atoms with Gasteiger partial charge >= 0.3 is 5.97 Å². The van der Waals surface area contributed by atoms with E-state index in [2.05, 4.69) is 33.0 Å². The molecule has 0 aliphatic carbocycles. The Morgan fingerprint density at radius 3 is 1.50 bits per heavy atom. The number of aliphatic carboxylic acids is 1. The van der Waals surface area contributed by atoms with E-state index in [4.69, 9.17) is 0 Å². The third-order valence-electron chi connectivity index (χ3n) is 5.36. The van der Waals surface area contributed by atoms with E-state index in [1.165, 1.54) is 83.5 Å². The molecule has 8 nitrogen and oxygen atoms in total. The zero-order valence-electron chi connectivity index (χ0n) is 17.7. The van der Waals surface area contributed by atoms with Crippen LogP contribution in [0.15, 0.2) is 0 Å². The van der Waals surface area contributed by atoms with Crippen molar-refractivity contribution >= 4 is 5.97 Å². The van der Waals surface area contributed by atoms with Crippen molar-refractivity contribution < 1.29 is 9.90 Å². The van der Waals surface area contributed by atoms with Crippen molar-refractivity contribution in [3.63, 3.8) is 0 Å². The van der Waals surface area contributed by atoms with Crippen LogP contribution < -0.4 is 33.0 Å². The smallest absolute Gasteiger partial charge is 0.322 e. The van der Waals surface area contributed by atoms with Gasteiger partial charge in [0, 0.05) is 6.54 Å². The molecule has 1 fully saturated rings. The first kappa shape index (κ1) is 25.3. The van der Waals surface area contributed by atoms with Crippen LogP contribution in [0.25, 0.3) is 0 Å². The quantitative estimate of drug-likeness (QED) is 0.359. The molecule has 166 valence electrons. The van der Waals surface area contributed by atoms with Gasteiger partial charge in [-0.05, 0) is 12.8 Å². The predicted molar refractivity (Wildman–Crippen MR) is 114 cm³/mol. The second kappa shape index (κ2) is 19.5. The topological polar surface area (TPSA) is 109 Å². The van der Waals surface area contributed by atoms with Crippen LogP contribution in [0.5, 0.6) is 0 Å². The van der Waals surface area contributed by atoms with Crippen molar-refractivity contribution in [2.75, 3.05) is 6.54 Å². The molecule has 8 heteroatoms. The van der Waals surface area contributed by atoms with Gasteiger partial charge in [0.25, 0.3) is 0 Å². The first-order valence-corrected chi connectivity index (χ1v) is 11.5. The van der Waals surface area contributed by atoms with Crippen LogP contribution >= 0.6 is 0 Å². The third kappa shape index (κ3) is 16.2. The molecular formula is C20H44N6O2. The number of nitrogens with one attached hydrogen (secondary N) is 6. The first-order valence-electron chi connectivity index (χ1n) is 11.5. The van der Waals surface area contributed by atoms with E-state index in [-0.39, 0.29) is 0 Å². The second-order valence-corrected chi connectivity index (χ2v) is 7.91. The summed E-state index contributed by atoms with van der Waals surface area (Å²) in [4.78, 5) is 11.3. The fraction of sp³-hybridized carbons (Fsp3) is 0.950. The van der Waals surface area contributed by atoms with Gasteiger partial charge in [0.2, 0.25) is 0 Å². The molecule has 1 unspecified atom stereocenters. The van der Waals surface area contributed by atoms with Gasteiger partial charge in [-0.25, -0.2) is 10.9 Å². The summed E-state index contributed by atoms with van der Waals surface area (Å²) in [5.74, 6) is -0.835. The summed E-state index contributed by atoms with van der Waals surface area (Å²) >= 11 is 0. The maximum atomic E-state index is 11.3. The van der Waals surface area contributed by atoms with E-state index in [1.807, 2.05) is 0 Å². The third-order valence-corrected chi connectivity index (χ3v) is 5.36. The Hall–Kier alpha value is -0.770. The van der Waals surface area contributed by atoms with Crippen LogP contribution in [0.2, 0.25) is 0 Å². The predicted octanol–water partition coefficient (Wildman–Crippen LogP) is 3.20. The Labute approximate surface area is 171 Å². The van der Waals surface area contributed by atoms with Crippen LogP contribution in [0.1, 0.15) is 109 Å². The fourth-order valence-corrected chi connectivity index (χ4v) is 3.59. The maximum Gasteiger partial charge on any atom is 0.322 e. The summed E-state index contributed by atoms with van der Waals surface area (Å²) in [5.41, 5.74) is 16.8. The van der Waals surface area contributed by atoms with Crippen LogP contribution in [0, 0.1) is 0 Å². The highest BCUT2D eigenvalue weighted by Gasteiger charge is 2.15. The number of carboxylic acid groups (broad SMARTS) is 1. The van der Waals surface area contributed by atoms with Crippen molar-refractivity contribution in [1.82, 2.24) is 33.0 Å². The normalized spacial score (nSPS) is 25.2. The molecule has 0 aromatic rings. The zero-order chi connectivity index (χ0) is 20.1. The highest BCUT2D eigenvalue weighted by molar-refractivity contribution is 5.73. The van der Waals surface area contributed by atoms with E-state index in [9.17, 15) is 9.90 Å². The van der Waals surface area contributed by atoms with Crippen molar-refractivity contribution in [3.05, 3.63) is 0 Å². The van der Waals surface area contributed by atoms with Gasteiger partial charge in [-0.3, -0.25) is 4.79 Å². The zero-order valence-corrected chi connectivity index (χ0v) is 17.7. The van der Waals surface area contributed by atoms with Crippen LogP contribution in [-0.4, -0.2) is 23.7 Å². The largest absolute Gasteiger partial charge is 0.480 e. The van der Waals surface area contributed by atoms with Gasteiger partial charge in [-0.1, -0.05) is 96.3 Å². The average Bonchev–Trinajstić information content (AvgIpc) is 2.68. The van der Waals surface area contributed by atoms with Crippen LogP contribution in [0.4, 0.5) is 0 Å². The molecule has 0 amide bonds. The van der Waals surface area contributed by atoms with E-state index < -0.39 is 12.0 Å². The van der Waals surface area contributed by atoms with E-state index in [1.54, 1.807) is 0 Å². The highest BCUT2D eigenvalue weighted by atomic mass is 16.4. The molecule has 28 heavy (non-hydrogen) atoms. The summed E-state index contributed by atoms with van der Waals surface area (Å²) < 4.78 is 0. The first-order chi connectivity index (χ1) is 13.8. The molecule has 1 heterocycles. The van der Waals surface area contributed by atoms with E-state index in [0.717, 1.165) is 25.8 Å². The maximum absolute atomic E-state index is 11.3. The second-order valence-electron chi connectivity index (χ2n) is 7.91. The number of rotatable bonds is 1. The van der Waals surface area contributed by atoms with Crippen molar-refractivity contribution in [2.45, 2.75) is 115 Å². The number of hydrogen-bond acceptors (Lipinski definition) is 7. The van der Waals surface area contributed by atoms with Gasteiger partial charge in [0.1, 0.15) is 6.04 Å². The Balaban J connectivity index is 2.19. The SMILES string of the molecule is O=C(O)C1CCCCCCCCCCCCCCCCCCNNNNNN1. The number of carboxylic acids is 1. The van der Waals surface area contributed by atoms with Gasteiger partial charge in [-0.15, -0.1) is 0 Å². The Bertz CT molecular complexity index is 334. The molecule has 0 spiro atoms. The highest BCUT2D eigenvalue weighted by Crippen LogP contribution is 2.14. The molecule has 0 bridgehead atoms. The molecule has 0 aromatic heterocycles. The molecule has 0 saturated carbocycles. The summed E-state index contributed by atoms with van der Waals surface area (Å²) in [6.45, 7) is 0.889. The summed E-state index contributed by atoms with van der Waals surface area (Å²) in [6.07, 6.45) is 21.2. The minimum atomic E-state index is -0.835. The minimum Gasteiger partial charge on any atom is -0.480 e. The van der Waals surface area contributed by atoms with Crippen molar-refractivity contribution in [3.8, 4) is 0 Å². The van der Waals surface area contributed by atoms with Crippen molar-refractivity contribution in [2.24, 2.45) is 0 Å². The molecule has 1 saturated heterocycles. The van der Waals surface area contributed by atoms with E-state index >= 15 is 0 Å². The summed E-state index contributed by atoms with van der Waals surface area (Å²) in [7, 11) is 0. The lowest BCUT2D eigenvalue weighted by Crippen LogP contribution is -2.61. The Kier molecular flexibility index (Phi) is 17.6. The van der Waals surface area contributed by atoms with Gasteiger partial charge in [-0.2, -0.15) is 22.1 Å². The molecule has 1 atom stereocenters. The molecule has 1 aliphatic rings. The molecule has 1 rings (SSSR count). The summed E-state index contributed by atoms with van der Waals surface area (Å²) in [6, 6.07) is -0.600. The average molecular weight is 401 g/mol. The number of hydrazine groups is 5. The lowest BCUT2D eigenvalue weighted by molar-refractivity contribution is -0.140. The molecular weight excluding hydrogens is 356 g/mol. The minimum absolute atomic E-state index is 0.600. The monoisotopic (exact) mass is 400 g/mol. The lowest BCUT2D eigenvalue weighted by Gasteiger charge is -2.16. The van der Waals surface area contributed by atoms with Gasteiger partial charge in [0.05, 0.1) is 0 Å². The number of hydrogen-bond donors (Lipinski definition) is 7. The van der Waals surface area contributed by atoms with Crippen molar-refractivity contribution in [1.29, 1.82) is 0 Å². The van der Waals surface area contributed by atoms with Crippen LogP contribution in [0.3, 0.4) is 0 Å². The molecule has 7 N–H and O–H groups in total. The van der Waals surface area contributed by atoms with Gasteiger partial charge in [0.15, 0.2) is 0 Å². The molecule has 1 aliphatic heterocycles. The summed E-state index contributed by atoms with van der Waals surface area (Å²) in [5, 5.41) is 9.29. The fourth-order valence-electron chi connectivity index (χ4n) is 3.59. The van der Waals surface area contributed by atoms with Gasteiger partial charge < -0.3 is 5.11 Å². The standard InChI is InChI=1S/C20H44N6O2/c27-20(28)19-17-15-13-11-9-7-5-3-1-2-4-6-8-10-12-14-16-18-21-23-25-26-24-22-19/h19,21-26H,1-18H2,(H,27,28). The Morgan fingerprint density at radius 1 is 0.571 bits per heavy atom. The lowest BCUT2D eigenvalue weighted by atomic mass is 10.0. The molecule has 0 aromatic carbocycles. The number of carbonyl (C=O) groups is 1.